The number of rotatable bonds is 27. The molecular weight excluding hydrogens is 841 g/mol. The fourth-order valence-corrected chi connectivity index (χ4v) is 6.54. The largest absolute Gasteiger partial charge is 0.490 e. The predicted molar refractivity (Wildman–Crippen MR) is 226 cm³/mol. The quantitative estimate of drug-likeness (QED) is 0.0252. The van der Waals surface area contributed by atoms with Gasteiger partial charge in [0.15, 0.2) is 5.69 Å². The lowest BCUT2D eigenvalue weighted by atomic mass is 10.1. The van der Waals surface area contributed by atoms with Crippen LogP contribution in [0, 0.1) is 20.2 Å². The number of nitrogens with one attached hydrogen (secondary N) is 2. The van der Waals surface area contributed by atoms with E-state index in [4.69, 9.17) is 28.4 Å². The SMILES string of the molecule is O=C(C(=O)N1CCN(C(=O)c2ccccc2)CC1)c1c[nH]c2nccc(OCCOCCn3cc(COCCOCCOCCOCCNc4c([N+](=O)[O-])cccc4[N+](=O)[O-])nn3)c12. The van der Waals surface area contributed by atoms with Crippen molar-refractivity contribution in [2.24, 2.45) is 0 Å². The van der Waals surface area contributed by atoms with Gasteiger partial charge in [0.2, 0.25) is 0 Å². The van der Waals surface area contributed by atoms with Crippen LogP contribution in [0.1, 0.15) is 26.4 Å². The molecule has 1 aliphatic heterocycles. The van der Waals surface area contributed by atoms with Crippen LogP contribution in [-0.2, 0) is 41.6 Å². The molecule has 0 spiro atoms. The molecule has 2 aromatic carbocycles. The molecule has 1 fully saturated rings. The molecule has 5 aromatic rings. The molecule has 0 aliphatic carbocycles. The molecule has 0 radical (unpaired) electrons. The van der Waals surface area contributed by atoms with Crippen LogP contribution < -0.4 is 10.1 Å². The van der Waals surface area contributed by atoms with Gasteiger partial charge in [-0.3, -0.25) is 34.6 Å². The Kier molecular flexibility index (Phi) is 17.5. The molecule has 64 heavy (non-hydrogen) atoms. The van der Waals surface area contributed by atoms with E-state index >= 15 is 0 Å². The minimum absolute atomic E-state index is 0.113. The number of para-hydroxylation sites is 1. The number of H-pyrrole nitrogens is 1. The van der Waals surface area contributed by atoms with E-state index in [1.807, 2.05) is 6.07 Å². The highest BCUT2D eigenvalue weighted by Crippen LogP contribution is 2.33. The Hall–Kier alpha value is -6.92. The Morgan fingerprint density at radius 3 is 2.05 bits per heavy atom. The number of carbonyl (C=O) groups is 3. The number of carbonyl (C=O) groups excluding carboxylic acids is 3. The number of aromatic nitrogens is 5. The van der Waals surface area contributed by atoms with Crippen LogP contribution in [0.2, 0.25) is 0 Å². The molecule has 0 unspecified atom stereocenters. The second kappa shape index (κ2) is 24.1. The van der Waals surface area contributed by atoms with Crippen molar-refractivity contribution in [3.05, 3.63) is 110 Å². The van der Waals surface area contributed by atoms with E-state index in [2.05, 4.69) is 25.6 Å². The van der Waals surface area contributed by atoms with Crippen molar-refractivity contribution in [1.29, 1.82) is 0 Å². The second-order valence-electron chi connectivity index (χ2n) is 14.0. The maximum absolute atomic E-state index is 13.4. The van der Waals surface area contributed by atoms with Crippen LogP contribution in [-0.4, -0.2) is 161 Å². The third kappa shape index (κ3) is 13.1. The smallest absolute Gasteiger partial charge is 0.299 e. The van der Waals surface area contributed by atoms with E-state index in [1.54, 1.807) is 52.3 Å². The molecule has 6 rings (SSSR count). The van der Waals surface area contributed by atoms with Gasteiger partial charge in [-0.05, 0) is 24.3 Å². The van der Waals surface area contributed by atoms with E-state index < -0.39 is 21.5 Å². The maximum Gasteiger partial charge on any atom is 0.299 e. The number of nitrogens with zero attached hydrogens (tertiary/aromatic N) is 8. The number of nitro groups is 2. The molecule has 3 aromatic heterocycles. The molecule has 4 heterocycles. The predicted octanol–water partition coefficient (Wildman–Crippen LogP) is 2.91. The summed E-state index contributed by atoms with van der Waals surface area (Å²) in [6.45, 7) is 4.73. The van der Waals surface area contributed by atoms with Gasteiger partial charge in [-0.25, -0.2) is 9.67 Å². The average Bonchev–Trinajstić information content (AvgIpc) is 3.97. The molecule has 1 aliphatic rings. The third-order valence-corrected chi connectivity index (χ3v) is 9.71. The maximum atomic E-state index is 13.4. The minimum atomic E-state index is -0.692. The number of hydrogen-bond acceptors (Lipinski definition) is 17. The fraction of sp³-hybridized carbons (Fsp3) is 0.415. The van der Waals surface area contributed by atoms with E-state index in [9.17, 15) is 34.6 Å². The first-order chi connectivity index (χ1) is 31.2. The molecular formula is C41H48N10O13. The van der Waals surface area contributed by atoms with Crippen molar-refractivity contribution in [2.45, 2.75) is 13.2 Å². The zero-order valence-corrected chi connectivity index (χ0v) is 34.8. The number of aromatic amines is 1. The standard InChI is InChI=1S/C41H48N10O13/c52-38(41(54)48-14-12-47(13-15-48)40(53)30-5-2-1-3-6-30)32-27-44-39-36(32)35(9-10-43-39)64-26-25-60-18-16-49-28-31(45-46-49)29-63-24-23-62-22-21-61-20-19-59-17-11-42-37-33(50(55)56)7-4-8-34(37)51(57)58/h1-10,27-28,42H,11-26,29H2,(H,43,44). The molecule has 2 N–H and O–H groups in total. The zero-order valence-electron chi connectivity index (χ0n) is 34.8. The van der Waals surface area contributed by atoms with Crippen LogP contribution in [0.5, 0.6) is 5.75 Å². The molecule has 23 heteroatoms. The van der Waals surface area contributed by atoms with Gasteiger partial charge in [-0.2, -0.15) is 0 Å². The molecule has 1 saturated heterocycles. The first-order valence-electron chi connectivity index (χ1n) is 20.4. The first-order valence-corrected chi connectivity index (χ1v) is 20.4. The van der Waals surface area contributed by atoms with Gasteiger partial charge in [0.1, 0.15) is 23.7 Å². The van der Waals surface area contributed by atoms with E-state index in [1.165, 1.54) is 29.3 Å². The van der Waals surface area contributed by atoms with Crippen LogP contribution in [0.4, 0.5) is 17.1 Å². The lowest BCUT2D eigenvalue weighted by Gasteiger charge is -2.34. The van der Waals surface area contributed by atoms with Gasteiger partial charge < -0.3 is 48.5 Å². The summed E-state index contributed by atoms with van der Waals surface area (Å²) in [6, 6.07) is 14.2. The van der Waals surface area contributed by atoms with E-state index in [-0.39, 0.29) is 81.2 Å². The fourth-order valence-electron chi connectivity index (χ4n) is 6.54. The number of piperazine rings is 1. The highest BCUT2D eigenvalue weighted by Gasteiger charge is 2.31. The Morgan fingerprint density at radius 2 is 1.36 bits per heavy atom. The lowest BCUT2D eigenvalue weighted by Crippen LogP contribution is -2.52. The molecule has 340 valence electrons. The number of hydrogen-bond donors (Lipinski definition) is 2. The molecule has 0 atom stereocenters. The van der Waals surface area contributed by atoms with Gasteiger partial charge in [0, 0.05) is 62.8 Å². The number of ether oxygens (including phenoxy) is 6. The van der Waals surface area contributed by atoms with Crippen molar-refractivity contribution in [3.8, 4) is 5.75 Å². The highest BCUT2D eigenvalue weighted by atomic mass is 16.6. The topological polar surface area (TPSA) is 271 Å². The number of benzene rings is 2. The first kappa shape index (κ1) is 46.6. The summed E-state index contributed by atoms with van der Waals surface area (Å²) in [5.41, 5.74) is 0.837. The number of Topliss-reactive ketones (excluding diaryl/α,β-unsaturated/α-hetero) is 1. The summed E-state index contributed by atoms with van der Waals surface area (Å²) in [6.07, 6.45) is 4.76. The van der Waals surface area contributed by atoms with Crippen molar-refractivity contribution < 1.29 is 52.7 Å². The zero-order chi connectivity index (χ0) is 45.1. The Bertz CT molecular complexity index is 2300. The summed E-state index contributed by atoms with van der Waals surface area (Å²) in [5, 5.41) is 33.7. The molecule has 0 saturated carbocycles. The van der Waals surface area contributed by atoms with Crippen LogP contribution >= 0.6 is 0 Å². The summed E-state index contributed by atoms with van der Waals surface area (Å²) >= 11 is 0. The van der Waals surface area contributed by atoms with Crippen molar-refractivity contribution in [2.75, 3.05) is 104 Å². The van der Waals surface area contributed by atoms with Gasteiger partial charge in [0.05, 0.1) is 99.6 Å². The lowest BCUT2D eigenvalue weighted by molar-refractivity contribution is -0.392. The summed E-state index contributed by atoms with van der Waals surface area (Å²) in [5.74, 6) is -1.08. The minimum Gasteiger partial charge on any atom is -0.490 e. The van der Waals surface area contributed by atoms with E-state index in [0.717, 1.165) is 0 Å². The molecule has 0 bridgehead atoms. The summed E-state index contributed by atoms with van der Waals surface area (Å²) in [7, 11) is 0. The van der Waals surface area contributed by atoms with Crippen molar-refractivity contribution in [1.82, 2.24) is 34.8 Å². The van der Waals surface area contributed by atoms with Crippen molar-refractivity contribution in [3.63, 3.8) is 0 Å². The Balaban J connectivity index is 0.785. The number of ketones is 1. The number of anilines is 1. The second-order valence-corrected chi connectivity index (χ2v) is 14.0. The van der Waals surface area contributed by atoms with Gasteiger partial charge in [-0.1, -0.05) is 23.4 Å². The van der Waals surface area contributed by atoms with Crippen molar-refractivity contribution >= 4 is 45.7 Å². The Morgan fingerprint density at radius 1 is 0.734 bits per heavy atom. The van der Waals surface area contributed by atoms with Gasteiger partial charge >= 0.3 is 0 Å². The average molecular weight is 889 g/mol. The summed E-state index contributed by atoms with van der Waals surface area (Å²) in [4.78, 5) is 71.0. The number of fused-ring (bicyclic) bond motifs is 1. The van der Waals surface area contributed by atoms with E-state index in [0.29, 0.717) is 87.3 Å². The van der Waals surface area contributed by atoms with Crippen LogP contribution in [0.25, 0.3) is 11.0 Å². The number of nitro benzene ring substituents is 2. The van der Waals surface area contributed by atoms with Gasteiger partial charge in [0.25, 0.3) is 29.0 Å². The molecule has 2 amide bonds. The van der Waals surface area contributed by atoms with Gasteiger partial charge in [-0.15, -0.1) is 5.10 Å². The third-order valence-electron chi connectivity index (χ3n) is 9.71. The van der Waals surface area contributed by atoms with Crippen LogP contribution in [0.3, 0.4) is 0 Å². The number of pyridine rings is 1. The number of amides is 2. The molecule has 23 nitrogen and oxygen atoms in total. The van der Waals surface area contributed by atoms with Crippen LogP contribution in [0.15, 0.2) is 73.2 Å². The normalized spacial score (nSPS) is 12.7. The monoisotopic (exact) mass is 888 g/mol. The Labute approximate surface area is 365 Å². The summed E-state index contributed by atoms with van der Waals surface area (Å²) < 4.78 is 35.3. The highest BCUT2D eigenvalue weighted by molar-refractivity contribution is 6.45.